The summed E-state index contributed by atoms with van der Waals surface area (Å²) in [5.74, 6) is 1.08. The second kappa shape index (κ2) is 6.01. The summed E-state index contributed by atoms with van der Waals surface area (Å²) in [7, 11) is 0. The summed E-state index contributed by atoms with van der Waals surface area (Å²) in [6, 6.07) is 2.10. The molecule has 5 nitrogen and oxygen atoms in total. The number of hydrogen-bond donors (Lipinski definition) is 2. The number of unbranched alkanes of at least 4 members (excludes halogenated alkanes) is 1. The van der Waals surface area contributed by atoms with E-state index in [0.717, 1.165) is 32.4 Å². The lowest BCUT2D eigenvalue weighted by atomic mass is 10.3. The van der Waals surface area contributed by atoms with Crippen molar-refractivity contribution < 1.29 is 0 Å². The predicted octanol–water partition coefficient (Wildman–Crippen LogP) is 1.96. The molecule has 0 fully saturated rings. The minimum atomic E-state index is 0.463. The molecule has 1 heterocycles. The number of hydrogen-bond acceptors (Lipinski definition) is 4. The Morgan fingerprint density at radius 1 is 1.44 bits per heavy atom. The normalized spacial score (nSPS) is 10.1. The van der Waals surface area contributed by atoms with Crippen LogP contribution in [0.5, 0.6) is 0 Å². The topological polar surface area (TPSA) is 79.7 Å². The first-order valence-corrected chi connectivity index (χ1v) is 5.74. The maximum Gasteiger partial charge on any atom is 0.168 e. The quantitative estimate of drug-likeness (QED) is 0.769. The van der Waals surface area contributed by atoms with Gasteiger partial charge in [0.1, 0.15) is 17.5 Å². The van der Waals surface area contributed by atoms with Crippen LogP contribution in [0.1, 0.15) is 38.7 Å². The van der Waals surface area contributed by atoms with Crippen molar-refractivity contribution >= 4 is 11.6 Å². The molecule has 0 spiro atoms. The molecule has 0 amide bonds. The molecule has 0 aliphatic heterocycles. The van der Waals surface area contributed by atoms with Crippen LogP contribution in [0.4, 0.5) is 11.6 Å². The molecule has 88 valence electrons. The van der Waals surface area contributed by atoms with Gasteiger partial charge in [0.15, 0.2) is 5.82 Å². The van der Waals surface area contributed by atoms with Crippen LogP contribution in [0.2, 0.25) is 0 Å². The Morgan fingerprint density at radius 2 is 2.19 bits per heavy atom. The minimum absolute atomic E-state index is 0.463. The van der Waals surface area contributed by atoms with Gasteiger partial charge in [-0.1, -0.05) is 20.3 Å². The van der Waals surface area contributed by atoms with E-state index >= 15 is 0 Å². The Labute approximate surface area is 96.2 Å². The standard InChI is InChI=1S/C11H19N5/c1-3-5-7-16-10(13)9(8-12)11(15-16)14-6-4-2/h3-7,13H2,1-2H3,(H,14,15). The average Bonchev–Trinajstić information content (AvgIpc) is 2.60. The van der Waals surface area contributed by atoms with Gasteiger partial charge in [-0.15, -0.1) is 0 Å². The first kappa shape index (κ1) is 12.4. The summed E-state index contributed by atoms with van der Waals surface area (Å²) >= 11 is 0. The van der Waals surface area contributed by atoms with E-state index in [-0.39, 0.29) is 0 Å². The number of nitrogen functional groups attached to an aromatic ring is 1. The third kappa shape index (κ3) is 2.66. The molecule has 0 radical (unpaired) electrons. The van der Waals surface area contributed by atoms with Crippen molar-refractivity contribution in [2.24, 2.45) is 0 Å². The van der Waals surface area contributed by atoms with E-state index in [1.807, 2.05) is 0 Å². The van der Waals surface area contributed by atoms with Gasteiger partial charge < -0.3 is 11.1 Å². The van der Waals surface area contributed by atoms with Crippen molar-refractivity contribution in [1.82, 2.24) is 9.78 Å². The summed E-state index contributed by atoms with van der Waals surface area (Å²) in [5, 5.41) is 16.4. The molecule has 0 aliphatic carbocycles. The van der Waals surface area contributed by atoms with Crippen LogP contribution in [0.15, 0.2) is 0 Å². The summed E-state index contributed by atoms with van der Waals surface area (Å²) < 4.78 is 1.71. The second-order valence-electron chi connectivity index (χ2n) is 3.72. The number of nitrogens with zero attached hydrogens (tertiary/aromatic N) is 3. The number of aryl methyl sites for hydroxylation is 1. The smallest absolute Gasteiger partial charge is 0.168 e. The average molecular weight is 221 g/mol. The zero-order valence-corrected chi connectivity index (χ0v) is 9.95. The van der Waals surface area contributed by atoms with Crippen LogP contribution >= 0.6 is 0 Å². The van der Waals surface area contributed by atoms with Gasteiger partial charge in [-0.25, -0.2) is 4.68 Å². The van der Waals surface area contributed by atoms with Gasteiger partial charge in [0.25, 0.3) is 0 Å². The van der Waals surface area contributed by atoms with Gasteiger partial charge in [-0.2, -0.15) is 10.4 Å². The first-order chi connectivity index (χ1) is 7.74. The Balaban J connectivity index is 2.87. The molecule has 0 bridgehead atoms. The molecule has 5 heteroatoms. The third-order valence-corrected chi connectivity index (χ3v) is 2.37. The van der Waals surface area contributed by atoms with Gasteiger partial charge in [0.2, 0.25) is 0 Å². The van der Waals surface area contributed by atoms with Crippen molar-refractivity contribution in [3.05, 3.63) is 5.56 Å². The maximum absolute atomic E-state index is 9.01. The highest BCUT2D eigenvalue weighted by Crippen LogP contribution is 2.20. The summed E-state index contributed by atoms with van der Waals surface area (Å²) in [6.45, 7) is 5.75. The SMILES string of the molecule is CCCCn1nc(NCCC)c(C#N)c1N. The third-order valence-electron chi connectivity index (χ3n) is 2.37. The summed E-state index contributed by atoms with van der Waals surface area (Å²) in [5.41, 5.74) is 6.33. The highest BCUT2D eigenvalue weighted by Gasteiger charge is 2.14. The van der Waals surface area contributed by atoms with Crippen LogP contribution in [-0.2, 0) is 6.54 Å². The molecule has 3 N–H and O–H groups in total. The predicted molar refractivity (Wildman–Crippen MR) is 65.0 cm³/mol. The molecule has 1 rings (SSSR count). The summed E-state index contributed by atoms with van der Waals surface area (Å²) in [6.07, 6.45) is 3.09. The van der Waals surface area contributed by atoms with E-state index in [4.69, 9.17) is 11.0 Å². The molecular formula is C11H19N5. The van der Waals surface area contributed by atoms with Crippen molar-refractivity contribution in [3.8, 4) is 6.07 Å². The largest absolute Gasteiger partial charge is 0.383 e. The monoisotopic (exact) mass is 221 g/mol. The lowest BCUT2D eigenvalue weighted by Gasteiger charge is -2.01. The highest BCUT2D eigenvalue weighted by atomic mass is 15.3. The van der Waals surface area contributed by atoms with Gasteiger partial charge in [0.05, 0.1) is 0 Å². The van der Waals surface area contributed by atoms with E-state index in [1.165, 1.54) is 0 Å². The lowest BCUT2D eigenvalue weighted by molar-refractivity contribution is 0.580. The van der Waals surface area contributed by atoms with E-state index in [1.54, 1.807) is 4.68 Å². The molecule has 0 saturated heterocycles. The van der Waals surface area contributed by atoms with Crippen molar-refractivity contribution in [2.75, 3.05) is 17.6 Å². The van der Waals surface area contributed by atoms with Crippen LogP contribution in [0.3, 0.4) is 0 Å². The van der Waals surface area contributed by atoms with Crippen LogP contribution < -0.4 is 11.1 Å². The molecule has 0 saturated carbocycles. The second-order valence-corrected chi connectivity index (χ2v) is 3.72. The molecule has 1 aromatic heterocycles. The van der Waals surface area contributed by atoms with E-state index in [2.05, 4.69) is 30.3 Å². The fourth-order valence-corrected chi connectivity index (χ4v) is 1.43. The van der Waals surface area contributed by atoms with Crippen LogP contribution in [0, 0.1) is 11.3 Å². The van der Waals surface area contributed by atoms with Crippen molar-refractivity contribution in [1.29, 1.82) is 5.26 Å². The van der Waals surface area contributed by atoms with E-state index in [0.29, 0.717) is 17.2 Å². The van der Waals surface area contributed by atoms with E-state index < -0.39 is 0 Å². The number of anilines is 2. The van der Waals surface area contributed by atoms with Gasteiger partial charge in [-0.3, -0.25) is 0 Å². The molecule has 0 atom stereocenters. The Kier molecular flexibility index (Phi) is 4.65. The Morgan fingerprint density at radius 3 is 2.75 bits per heavy atom. The lowest BCUT2D eigenvalue weighted by Crippen LogP contribution is -2.05. The summed E-state index contributed by atoms with van der Waals surface area (Å²) in [4.78, 5) is 0. The molecule has 16 heavy (non-hydrogen) atoms. The van der Waals surface area contributed by atoms with Gasteiger partial charge >= 0.3 is 0 Å². The number of nitrogens with one attached hydrogen (secondary N) is 1. The maximum atomic E-state index is 9.01. The van der Waals surface area contributed by atoms with Gasteiger partial charge in [-0.05, 0) is 12.8 Å². The molecule has 0 unspecified atom stereocenters. The number of aromatic nitrogens is 2. The minimum Gasteiger partial charge on any atom is -0.383 e. The molecule has 0 aliphatic rings. The van der Waals surface area contributed by atoms with Crippen LogP contribution in [-0.4, -0.2) is 16.3 Å². The fourth-order valence-electron chi connectivity index (χ4n) is 1.43. The number of rotatable bonds is 6. The molecule has 1 aromatic rings. The number of nitriles is 1. The highest BCUT2D eigenvalue weighted by molar-refractivity contribution is 5.63. The van der Waals surface area contributed by atoms with Crippen molar-refractivity contribution in [2.45, 2.75) is 39.7 Å². The first-order valence-electron chi connectivity index (χ1n) is 5.74. The Bertz CT molecular complexity index is 374. The van der Waals surface area contributed by atoms with E-state index in [9.17, 15) is 0 Å². The zero-order chi connectivity index (χ0) is 12.0. The van der Waals surface area contributed by atoms with Crippen molar-refractivity contribution in [3.63, 3.8) is 0 Å². The molecular weight excluding hydrogens is 202 g/mol. The van der Waals surface area contributed by atoms with Gasteiger partial charge in [0, 0.05) is 13.1 Å². The number of nitrogens with two attached hydrogens (primary N) is 1. The van der Waals surface area contributed by atoms with Crippen LogP contribution in [0.25, 0.3) is 0 Å². The molecule has 0 aromatic carbocycles. The Hall–Kier alpha value is -1.70. The fraction of sp³-hybridized carbons (Fsp3) is 0.636. The zero-order valence-electron chi connectivity index (χ0n) is 9.95.